The minimum Gasteiger partial charge on any atom is -0.508 e. The molecular formula is C28H32N2O5S. The van der Waals surface area contributed by atoms with E-state index in [1.807, 2.05) is 13.0 Å². The van der Waals surface area contributed by atoms with E-state index < -0.39 is 17.1 Å². The van der Waals surface area contributed by atoms with Crippen LogP contribution in [0.5, 0.6) is 5.75 Å². The molecule has 0 bridgehead atoms. The largest absolute Gasteiger partial charge is 0.508 e. The number of imidazole rings is 1. The molecule has 1 aromatic heterocycles. The molecular weight excluding hydrogens is 476 g/mol. The molecule has 0 spiro atoms. The lowest BCUT2D eigenvalue weighted by atomic mass is 9.46. The van der Waals surface area contributed by atoms with Gasteiger partial charge in [-0.25, -0.2) is 4.98 Å². The second-order valence-corrected chi connectivity index (χ2v) is 12.5. The van der Waals surface area contributed by atoms with E-state index >= 15 is 0 Å². The zero-order valence-corrected chi connectivity index (χ0v) is 21.3. The monoisotopic (exact) mass is 508 g/mol. The van der Waals surface area contributed by atoms with Crippen LogP contribution < -0.4 is 0 Å². The lowest BCUT2D eigenvalue weighted by Crippen LogP contribution is -2.61. The van der Waals surface area contributed by atoms with Crippen molar-refractivity contribution in [1.29, 1.82) is 0 Å². The summed E-state index contributed by atoms with van der Waals surface area (Å²) < 4.78 is 0. The van der Waals surface area contributed by atoms with E-state index in [2.05, 4.69) is 16.9 Å². The molecule has 6 rings (SSSR count). The number of ketones is 2. The third kappa shape index (κ3) is 3.30. The van der Waals surface area contributed by atoms with Crippen LogP contribution in [0.4, 0.5) is 0 Å². The van der Waals surface area contributed by atoms with Gasteiger partial charge in [0, 0.05) is 22.8 Å². The smallest absolute Gasteiger partial charge is 0.178 e. The molecule has 36 heavy (non-hydrogen) atoms. The molecule has 0 saturated heterocycles. The number of phenolic OH excluding ortho intramolecular Hbond substituents is 1. The van der Waals surface area contributed by atoms with Gasteiger partial charge in [0.15, 0.2) is 16.7 Å². The number of nitrogens with zero attached hydrogens (tertiary/aromatic N) is 1. The van der Waals surface area contributed by atoms with Crippen molar-refractivity contribution >= 4 is 34.4 Å². The van der Waals surface area contributed by atoms with Crippen LogP contribution in [0, 0.1) is 28.6 Å². The molecule has 4 aliphatic rings. The van der Waals surface area contributed by atoms with Gasteiger partial charge < -0.3 is 20.3 Å². The summed E-state index contributed by atoms with van der Waals surface area (Å²) in [7, 11) is 0. The predicted molar refractivity (Wildman–Crippen MR) is 136 cm³/mol. The van der Waals surface area contributed by atoms with Crippen LogP contribution in [-0.2, 0) is 9.59 Å². The molecule has 8 heteroatoms. The molecule has 0 aliphatic heterocycles. The summed E-state index contributed by atoms with van der Waals surface area (Å²) in [6, 6.07) is 4.88. The van der Waals surface area contributed by atoms with E-state index in [-0.39, 0.29) is 46.2 Å². The fourth-order valence-corrected chi connectivity index (χ4v) is 8.93. The van der Waals surface area contributed by atoms with Gasteiger partial charge in [-0.2, -0.15) is 0 Å². The maximum absolute atomic E-state index is 13.6. The number of aliphatic hydroxyl groups excluding tert-OH is 1. The Labute approximate surface area is 214 Å². The number of allylic oxidation sites excluding steroid dienone is 4. The zero-order valence-electron chi connectivity index (χ0n) is 20.5. The van der Waals surface area contributed by atoms with E-state index in [9.17, 15) is 24.9 Å². The number of thioether (sulfide) groups is 1. The summed E-state index contributed by atoms with van der Waals surface area (Å²) in [5.41, 5.74) is -0.0937. The molecule has 0 radical (unpaired) electrons. The van der Waals surface area contributed by atoms with Gasteiger partial charge in [-0.1, -0.05) is 37.3 Å². The minimum absolute atomic E-state index is 0.00987. The standard InChI is InChI=1S/C28H32N2O5S/c1-26-9-7-17(32)11-15(26)3-5-18-19-8-10-28(35,27(19,2)13-22(33)24(18)26)23(34)14-36-25-29-20-6-4-16(31)12-21(20)30-25/h4,6-7,9,11-12,18-19,22,24,31,33,35H,3,5,8,10,13-14H2,1-2H3,(H,29,30)/t18?,19?,22-,24?,26?,27?,28-/m0/s1. The number of aromatic amines is 1. The number of fused-ring (bicyclic) bond motifs is 6. The molecule has 2 aromatic rings. The van der Waals surface area contributed by atoms with Gasteiger partial charge in [-0.05, 0) is 68.2 Å². The number of benzene rings is 1. The van der Waals surface area contributed by atoms with Gasteiger partial charge in [0.05, 0.1) is 22.9 Å². The number of hydrogen-bond donors (Lipinski definition) is 4. The highest BCUT2D eigenvalue weighted by molar-refractivity contribution is 7.99. The molecule has 1 aromatic carbocycles. The van der Waals surface area contributed by atoms with E-state index in [1.165, 1.54) is 11.8 Å². The third-order valence-electron chi connectivity index (χ3n) is 9.89. The number of nitrogens with one attached hydrogen (secondary N) is 1. The number of hydrogen-bond acceptors (Lipinski definition) is 7. The van der Waals surface area contributed by atoms with Crippen molar-refractivity contribution in [2.75, 3.05) is 5.75 Å². The average Bonchev–Trinajstić information content (AvgIpc) is 3.35. The van der Waals surface area contributed by atoms with Crippen LogP contribution >= 0.6 is 11.8 Å². The Balaban J connectivity index is 1.24. The Morgan fingerprint density at radius 2 is 2.08 bits per heavy atom. The van der Waals surface area contributed by atoms with Gasteiger partial charge in [-0.15, -0.1) is 0 Å². The summed E-state index contributed by atoms with van der Waals surface area (Å²) in [6.07, 6.45) is 7.83. The Kier molecular flexibility index (Phi) is 5.35. The quantitative estimate of drug-likeness (QED) is 0.461. The van der Waals surface area contributed by atoms with Gasteiger partial charge >= 0.3 is 0 Å². The number of Topliss-reactive ketones (excluding diaryl/α,β-unsaturated/α-hetero) is 1. The molecule has 3 fully saturated rings. The van der Waals surface area contributed by atoms with Crippen molar-refractivity contribution in [3.63, 3.8) is 0 Å². The number of rotatable bonds is 4. The van der Waals surface area contributed by atoms with Gasteiger partial charge in [0.25, 0.3) is 0 Å². The molecule has 3 saturated carbocycles. The normalized spacial score (nSPS) is 39.4. The number of carbonyl (C=O) groups is 2. The average molecular weight is 509 g/mol. The summed E-state index contributed by atoms with van der Waals surface area (Å²) in [6.45, 7) is 4.12. The Morgan fingerprint density at radius 3 is 2.89 bits per heavy atom. The Bertz CT molecular complexity index is 1330. The summed E-state index contributed by atoms with van der Waals surface area (Å²) in [4.78, 5) is 33.2. The number of aliphatic hydroxyl groups is 2. The Hall–Kier alpha value is -2.42. The highest BCUT2D eigenvalue weighted by Gasteiger charge is 2.67. The summed E-state index contributed by atoms with van der Waals surface area (Å²) in [5, 5.41) is 33.6. The molecule has 0 amide bonds. The molecule has 1 heterocycles. The third-order valence-corrected chi connectivity index (χ3v) is 10.8. The zero-order chi connectivity index (χ0) is 25.5. The number of H-pyrrole nitrogens is 1. The van der Waals surface area contributed by atoms with Gasteiger partial charge in [-0.3, -0.25) is 9.59 Å². The molecule has 4 aliphatic carbocycles. The first-order valence-electron chi connectivity index (χ1n) is 12.7. The van der Waals surface area contributed by atoms with Crippen LogP contribution in [-0.4, -0.2) is 54.3 Å². The van der Waals surface area contributed by atoms with Crippen LogP contribution in [0.15, 0.2) is 47.2 Å². The molecule has 4 N–H and O–H groups in total. The number of phenols is 1. The van der Waals surface area contributed by atoms with Gasteiger partial charge in [0.1, 0.15) is 11.4 Å². The second-order valence-electron chi connectivity index (χ2n) is 11.6. The summed E-state index contributed by atoms with van der Waals surface area (Å²) in [5.74, 6) is 0.264. The highest BCUT2D eigenvalue weighted by Crippen LogP contribution is 2.67. The van der Waals surface area contributed by atoms with Crippen molar-refractivity contribution in [3.05, 3.63) is 42.0 Å². The molecule has 190 valence electrons. The lowest BCUT2D eigenvalue weighted by molar-refractivity contribution is -0.174. The first kappa shape index (κ1) is 23.9. The topological polar surface area (TPSA) is 124 Å². The van der Waals surface area contributed by atoms with Crippen molar-refractivity contribution in [2.45, 2.75) is 62.8 Å². The van der Waals surface area contributed by atoms with Crippen LogP contribution in [0.25, 0.3) is 11.0 Å². The number of carbonyl (C=O) groups excluding carboxylic acids is 2. The summed E-state index contributed by atoms with van der Waals surface area (Å²) >= 11 is 1.25. The van der Waals surface area contributed by atoms with Crippen LogP contribution in [0.3, 0.4) is 0 Å². The van der Waals surface area contributed by atoms with Crippen molar-refractivity contribution in [1.82, 2.24) is 9.97 Å². The van der Waals surface area contributed by atoms with Crippen molar-refractivity contribution in [2.24, 2.45) is 28.6 Å². The van der Waals surface area contributed by atoms with Crippen molar-refractivity contribution < 1.29 is 24.9 Å². The predicted octanol–water partition coefficient (Wildman–Crippen LogP) is 3.94. The number of aromatic hydroxyl groups is 1. The first-order valence-corrected chi connectivity index (χ1v) is 13.7. The first-order chi connectivity index (χ1) is 17.0. The minimum atomic E-state index is -1.50. The second kappa shape index (κ2) is 8.04. The molecule has 7 atom stereocenters. The van der Waals surface area contributed by atoms with E-state index in [0.717, 1.165) is 30.4 Å². The van der Waals surface area contributed by atoms with Gasteiger partial charge in [0.2, 0.25) is 0 Å². The number of aromatic nitrogens is 2. The van der Waals surface area contributed by atoms with Crippen molar-refractivity contribution in [3.8, 4) is 5.75 Å². The fourth-order valence-electron chi connectivity index (χ4n) is 8.08. The highest BCUT2D eigenvalue weighted by atomic mass is 32.2. The maximum Gasteiger partial charge on any atom is 0.178 e. The van der Waals surface area contributed by atoms with E-state index in [4.69, 9.17) is 0 Å². The molecule has 7 nitrogen and oxygen atoms in total. The molecule has 5 unspecified atom stereocenters. The lowest BCUT2D eigenvalue weighted by Gasteiger charge is -2.59. The van der Waals surface area contributed by atoms with Crippen LogP contribution in [0.1, 0.15) is 46.0 Å². The Morgan fingerprint density at radius 1 is 1.28 bits per heavy atom. The van der Waals surface area contributed by atoms with E-state index in [0.29, 0.717) is 23.5 Å². The van der Waals surface area contributed by atoms with E-state index in [1.54, 1.807) is 30.4 Å². The SMILES string of the molecule is CC12C=CC(=O)C=C1CCC1C2[C@@H](O)CC2(C)C1CC[C@]2(O)C(=O)CSc1nc2cc(O)ccc2[nH]1. The fraction of sp³-hybridized carbons (Fsp3) is 0.536. The van der Waals surface area contributed by atoms with Crippen LogP contribution in [0.2, 0.25) is 0 Å². The maximum atomic E-state index is 13.6.